The van der Waals surface area contributed by atoms with Crippen LogP contribution < -0.4 is 26.0 Å². The number of piperazine rings is 1. The molecule has 0 radical (unpaired) electrons. The van der Waals surface area contributed by atoms with Crippen LogP contribution >= 0.6 is 11.6 Å². The van der Waals surface area contributed by atoms with Gasteiger partial charge >= 0.3 is 0 Å². The zero-order valence-corrected chi connectivity index (χ0v) is 27.6. The molecule has 2 fully saturated rings. The van der Waals surface area contributed by atoms with Crippen molar-refractivity contribution in [1.82, 2.24) is 25.1 Å². The van der Waals surface area contributed by atoms with E-state index in [1.807, 2.05) is 24.3 Å². The van der Waals surface area contributed by atoms with E-state index in [-0.39, 0.29) is 22.7 Å². The molecule has 0 saturated carbocycles. The van der Waals surface area contributed by atoms with Crippen molar-refractivity contribution in [3.05, 3.63) is 89.5 Å². The zero-order chi connectivity index (χ0) is 34.3. The second-order valence-corrected chi connectivity index (χ2v) is 12.3. The molecule has 3 amide bonds. The molecule has 1 atom stereocenters. The van der Waals surface area contributed by atoms with Crippen LogP contribution in [0.4, 0.5) is 27.3 Å². The van der Waals surface area contributed by atoms with Crippen molar-refractivity contribution in [2.45, 2.75) is 25.4 Å². The SMILES string of the molecule is COc1cc2ncnc(Nc3ccc(F)c(Cl)c3)c2cc1NC(=O)/C=C/CN1CCN(Cc2cccc(NC3CCC(=O)NC3=O)c2)CC1. The Labute approximate surface area is 287 Å². The van der Waals surface area contributed by atoms with Gasteiger partial charge in [0.2, 0.25) is 17.7 Å². The van der Waals surface area contributed by atoms with Gasteiger partial charge < -0.3 is 20.7 Å². The Bertz CT molecular complexity index is 1900. The van der Waals surface area contributed by atoms with E-state index in [9.17, 15) is 18.8 Å². The van der Waals surface area contributed by atoms with Crippen molar-refractivity contribution < 1.29 is 23.5 Å². The van der Waals surface area contributed by atoms with Crippen molar-refractivity contribution >= 4 is 63.1 Å². The Balaban J connectivity index is 1.00. The summed E-state index contributed by atoms with van der Waals surface area (Å²) in [5.41, 5.74) is 3.58. The highest BCUT2D eigenvalue weighted by atomic mass is 35.5. The summed E-state index contributed by atoms with van der Waals surface area (Å²) >= 11 is 5.94. The monoisotopic (exact) mass is 686 g/mol. The number of halogens is 2. The predicted octanol–water partition coefficient (Wildman–Crippen LogP) is 4.70. The number of ether oxygens (including phenoxy) is 1. The molecule has 12 nitrogen and oxygen atoms in total. The number of imide groups is 1. The number of benzene rings is 3. The number of aromatic nitrogens is 2. The molecule has 0 aliphatic carbocycles. The Hall–Kier alpha value is -5.11. The fourth-order valence-corrected chi connectivity index (χ4v) is 6.00. The molecule has 0 bridgehead atoms. The first kappa shape index (κ1) is 33.8. The number of anilines is 4. The summed E-state index contributed by atoms with van der Waals surface area (Å²) in [6.45, 7) is 4.87. The first-order chi connectivity index (χ1) is 23.7. The number of piperidine rings is 1. The Kier molecular flexibility index (Phi) is 10.6. The molecule has 1 unspecified atom stereocenters. The van der Waals surface area contributed by atoms with Gasteiger partial charge in [0.1, 0.15) is 29.8 Å². The van der Waals surface area contributed by atoms with Gasteiger partial charge in [-0.2, -0.15) is 0 Å². The maximum Gasteiger partial charge on any atom is 0.249 e. The van der Waals surface area contributed by atoms with Gasteiger partial charge in [0.05, 0.1) is 23.3 Å². The fourth-order valence-electron chi connectivity index (χ4n) is 5.82. The quantitative estimate of drug-likeness (QED) is 0.130. The first-order valence-electron chi connectivity index (χ1n) is 15.9. The molecule has 0 spiro atoms. The second kappa shape index (κ2) is 15.4. The van der Waals surface area contributed by atoms with Crippen LogP contribution in [0.15, 0.2) is 73.1 Å². The highest BCUT2D eigenvalue weighted by Crippen LogP contribution is 2.33. The third-order valence-electron chi connectivity index (χ3n) is 8.41. The van der Waals surface area contributed by atoms with Gasteiger partial charge in [-0.25, -0.2) is 14.4 Å². The smallest absolute Gasteiger partial charge is 0.249 e. The van der Waals surface area contributed by atoms with Gasteiger partial charge in [0, 0.05) is 74.6 Å². The number of methoxy groups -OCH3 is 1. The van der Waals surface area contributed by atoms with Crippen LogP contribution in [0.1, 0.15) is 18.4 Å². The normalized spacial score (nSPS) is 17.2. The van der Waals surface area contributed by atoms with E-state index in [2.05, 4.69) is 47.1 Å². The number of nitrogens with one attached hydrogen (secondary N) is 4. The van der Waals surface area contributed by atoms with Gasteiger partial charge in [0.15, 0.2) is 0 Å². The molecular formula is C35H36ClFN8O4. The Morgan fingerprint density at radius 3 is 2.65 bits per heavy atom. The molecule has 4 aromatic rings. The number of fused-ring (bicyclic) bond motifs is 1. The lowest BCUT2D eigenvalue weighted by atomic mass is 10.1. The standard InChI is InChI=1S/C35H36ClFN8O4/c1-49-31-19-29-25(34(39-21-38-29)41-24-7-8-27(37)26(36)17-24)18-30(31)42-32(46)6-3-11-44-12-14-45(15-13-44)20-22-4-2-5-23(16-22)40-28-9-10-33(47)43-35(28)48/h2-8,16-19,21,28,40H,9-15,20H2,1H3,(H,42,46)(H,38,39,41)(H,43,47,48)/b6-3+. The minimum absolute atomic E-state index is 0.0180. The third-order valence-corrected chi connectivity index (χ3v) is 8.70. The van der Waals surface area contributed by atoms with Crippen LogP contribution in [-0.4, -0.2) is 83.4 Å². The summed E-state index contributed by atoms with van der Waals surface area (Å²) in [5.74, 6) is -0.448. The average molecular weight is 687 g/mol. The van der Waals surface area contributed by atoms with Gasteiger partial charge in [-0.3, -0.25) is 29.5 Å². The molecule has 6 rings (SSSR count). The summed E-state index contributed by atoms with van der Waals surface area (Å²) in [5, 5.41) is 12.3. The predicted molar refractivity (Wildman–Crippen MR) is 187 cm³/mol. The van der Waals surface area contributed by atoms with E-state index in [1.54, 1.807) is 18.2 Å². The third kappa shape index (κ3) is 8.68. The summed E-state index contributed by atoms with van der Waals surface area (Å²) in [7, 11) is 1.52. The van der Waals surface area contributed by atoms with Crippen LogP contribution in [0.2, 0.25) is 5.02 Å². The van der Waals surface area contributed by atoms with E-state index in [1.165, 1.54) is 31.6 Å². The summed E-state index contributed by atoms with van der Waals surface area (Å²) in [4.78, 5) is 49.8. The summed E-state index contributed by atoms with van der Waals surface area (Å²) < 4.78 is 19.2. The van der Waals surface area contributed by atoms with E-state index in [0.29, 0.717) is 53.2 Å². The maximum atomic E-state index is 13.6. The highest BCUT2D eigenvalue weighted by Gasteiger charge is 2.26. The molecule has 3 heterocycles. The largest absolute Gasteiger partial charge is 0.494 e. The van der Waals surface area contributed by atoms with Crippen molar-refractivity contribution in [1.29, 1.82) is 0 Å². The maximum absolute atomic E-state index is 13.6. The number of amides is 3. The topological polar surface area (TPSA) is 141 Å². The van der Waals surface area contributed by atoms with Crippen LogP contribution in [0.3, 0.4) is 0 Å². The number of rotatable bonds is 11. The lowest BCUT2D eigenvalue weighted by molar-refractivity contribution is -0.133. The van der Waals surface area contributed by atoms with Gasteiger partial charge in [-0.15, -0.1) is 0 Å². The first-order valence-corrected chi connectivity index (χ1v) is 16.3. The second-order valence-electron chi connectivity index (χ2n) is 11.9. The number of carbonyl (C=O) groups excluding carboxylic acids is 3. The number of carbonyl (C=O) groups is 3. The zero-order valence-electron chi connectivity index (χ0n) is 26.8. The van der Waals surface area contributed by atoms with Crippen molar-refractivity contribution in [2.24, 2.45) is 0 Å². The number of hydrogen-bond donors (Lipinski definition) is 4. The number of hydrogen-bond acceptors (Lipinski definition) is 10. The van der Waals surface area contributed by atoms with Crippen molar-refractivity contribution in [2.75, 3.05) is 55.8 Å². The van der Waals surface area contributed by atoms with Gasteiger partial charge in [0.25, 0.3) is 0 Å². The van der Waals surface area contributed by atoms with E-state index < -0.39 is 11.9 Å². The van der Waals surface area contributed by atoms with Gasteiger partial charge in [-0.1, -0.05) is 29.8 Å². The van der Waals surface area contributed by atoms with Crippen molar-refractivity contribution in [3.8, 4) is 5.75 Å². The van der Waals surface area contributed by atoms with Crippen LogP contribution in [-0.2, 0) is 20.9 Å². The van der Waals surface area contributed by atoms with Crippen LogP contribution in [0, 0.1) is 5.82 Å². The lowest BCUT2D eigenvalue weighted by Gasteiger charge is -2.34. The molecule has 2 aliphatic rings. The molecule has 49 heavy (non-hydrogen) atoms. The van der Waals surface area contributed by atoms with Crippen LogP contribution in [0.25, 0.3) is 10.9 Å². The van der Waals surface area contributed by atoms with E-state index in [4.69, 9.17) is 16.3 Å². The average Bonchev–Trinajstić information content (AvgIpc) is 3.08. The van der Waals surface area contributed by atoms with E-state index in [0.717, 1.165) is 44.0 Å². The Morgan fingerprint density at radius 2 is 1.88 bits per heavy atom. The molecule has 4 N–H and O–H groups in total. The molecule has 2 saturated heterocycles. The summed E-state index contributed by atoms with van der Waals surface area (Å²) in [6, 6.07) is 15.3. The summed E-state index contributed by atoms with van der Waals surface area (Å²) in [6.07, 6.45) is 5.57. The van der Waals surface area contributed by atoms with Crippen molar-refractivity contribution in [3.63, 3.8) is 0 Å². The molecular weight excluding hydrogens is 651 g/mol. The molecule has 3 aromatic carbocycles. The lowest BCUT2D eigenvalue weighted by Crippen LogP contribution is -2.47. The molecule has 14 heteroatoms. The molecule has 254 valence electrons. The van der Waals surface area contributed by atoms with E-state index >= 15 is 0 Å². The molecule has 2 aliphatic heterocycles. The van der Waals surface area contributed by atoms with Gasteiger partial charge in [-0.05, 0) is 48.4 Å². The van der Waals surface area contributed by atoms with Crippen LogP contribution in [0.5, 0.6) is 5.75 Å². The fraction of sp³-hybridized carbons (Fsp3) is 0.286. The minimum Gasteiger partial charge on any atom is -0.494 e. The highest BCUT2D eigenvalue weighted by molar-refractivity contribution is 6.31. The molecule has 1 aromatic heterocycles. The Morgan fingerprint density at radius 1 is 1.06 bits per heavy atom. The number of nitrogens with zero attached hydrogens (tertiary/aromatic N) is 4. The minimum atomic E-state index is -0.522.